The van der Waals surface area contributed by atoms with Crippen LogP contribution in [0.25, 0.3) is 0 Å². The van der Waals surface area contributed by atoms with E-state index in [0.717, 1.165) is 38.4 Å². The second-order valence-corrected chi connectivity index (χ2v) is 7.99. The first-order chi connectivity index (χ1) is 12.2. The highest BCUT2D eigenvalue weighted by atomic mass is 32.1. The fraction of sp³-hybridized carbons (Fsp3) is 0.526. The van der Waals surface area contributed by atoms with Crippen molar-refractivity contribution in [1.29, 1.82) is 0 Å². The molecular weight excluding hydrogens is 336 g/mol. The third-order valence-electron chi connectivity index (χ3n) is 5.36. The zero-order chi connectivity index (χ0) is 17.2. The first-order valence-corrected chi connectivity index (χ1v) is 9.75. The van der Waals surface area contributed by atoms with Crippen LogP contribution in [0.1, 0.15) is 22.6 Å². The molecule has 2 aliphatic rings. The summed E-state index contributed by atoms with van der Waals surface area (Å²) < 4.78 is 11.2. The van der Waals surface area contributed by atoms with Gasteiger partial charge in [0, 0.05) is 37.0 Å². The van der Waals surface area contributed by atoms with Crippen molar-refractivity contribution >= 4 is 17.2 Å². The maximum atomic E-state index is 12.8. The van der Waals surface area contributed by atoms with Gasteiger partial charge < -0.3 is 14.5 Å². The number of ether oxygens (including phenoxy) is 1. The Balaban J connectivity index is 1.43. The van der Waals surface area contributed by atoms with E-state index in [-0.39, 0.29) is 17.9 Å². The van der Waals surface area contributed by atoms with Crippen LogP contribution in [0.2, 0.25) is 0 Å². The number of hydrogen-bond acceptors (Lipinski definition) is 5. The first kappa shape index (κ1) is 16.8. The molecule has 0 spiro atoms. The van der Waals surface area contributed by atoms with E-state index in [4.69, 9.17) is 9.15 Å². The van der Waals surface area contributed by atoms with Crippen molar-refractivity contribution in [1.82, 2.24) is 10.2 Å². The topological polar surface area (TPSA) is 54.7 Å². The fourth-order valence-electron chi connectivity index (χ4n) is 3.95. The zero-order valence-corrected chi connectivity index (χ0v) is 15.3. The van der Waals surface area contributed by atoms with E-state index in [1.165, 1.54) is 10.4 Å². The van der Waals surface area contributed by atoms with Crippen LogP contribution in [0.15, 0.2) is 34.3 Å². The van der Waals surface area contributed by atoms with Crippen molar-refractivity contribution < 1.29 is 13.9 Å². The van der Waals surface area contributed by atoms with E-state index in [2.05, 4.69) is 28.6 Å². The molecule has 2 aliphatic heterocycles. The normalized spacial score (nSPS) is 26.5. The molecule has 134 valence electrons. The Bertz CT molecular complexity index is 712. The highest BCUT2D eigenvalue weighted by molar-refractivity contribution is 7.10. The number of furan rings is 1. The summed E-state index contributed by atoms with van der Waals surface area (Å²) in [6.45, 7) is 5.99. The number of piperidine rings is 1. The van der Waals surface area contributed by atoms with Crippen LogP contribution >= 0.6 is 11.3 Å². The van der Waals surface area contributed by atoms with Gasteiger partial charge in [0.2, 0.25) is 5.91 Å². The Labute approximate surface area is 152 Å². The lowest BCUT2D eigenvalue weighted by molar-refractivity contribution is -0.131. The van der Waals surface area contributed by atoms with Crippen molar-refractivity contribution in [2.45, 2.75) is 32.5 Å². The molecule has 2 aromatic rings. The lowest BCUT2D eigenvalue weighted by Crippen LogP contribution is -2.52. The smallest absolute Gasteiger partial charge is 0.225 e. The molecule has 0 saturated carbocycles. The molecule has 0 unspecified atom stereocenters. The van der Waals surface area contributed by atoms with Gasteiger partial charge >= 0.3 is 0 Å². The predicted molar refractivity (Wildman–Crippen MR) is 96.2 cm³/mol. The van der Waals surface area contributed by atoms with Gasteiger partial charge in [0.15, 0.2) is 0 Å². The summed E-state index contributed by atoms with van der Waals surface area (Å²) in [4.78, 5) is 16.6. The summed E-state index contributed by atoms with van der Waals surface area (Å²) in [7, 11) is 0. The van der Waals surface area contributed by atoms with Gasteiger partial charge in [-0.2, -0.15) is 0 Å². The Morgan fingerprint density at radius 1 is 1.40 bits per heavy atom. The average Bonchev–Trinajstić information content (AvgIpc) is 3.35. The standard InChI is InChI=1S/C19H24N2O3S/c1-13-5-8-25-18(13)12-21-10-16(15-4-7-24-17(15)11-21)19(22)20-9-14-3-2-6-23-14/h2-3,5-6,8,15-17H,4,7,9-12H2,1H3,(H,20,22)/t15-,16+,17+/m0/s1. The van der Waals surface area contributed by atoms with Gasteiger partial charge in [-0.25, -0.2) is 0 Å². The maximum Gasteiger partial charge on any atom is 0.225 e. The number of carbonyl (C=O) groups is 1. The van der Waals surface area contributed by atoms with Crippen molar-refractivity contribution in [3.05, 3.63) is 46.0 Å². The Kier molecular flexibility index (Phi) is 4.92. The van der Waals surface area contributed by atoms with Gasteiger partial charge in [0.05, 0.1) is 24.8 Å². The monoisotopic (exact) mass is 360 g/mol. The predicted octanol–water partition coefficient (Wildman–Crippen LogP) is 2.80. The summed E-state index contributed by atoms with van der Waals surface area (Å²) in [5, 5.41) is 5.18. The largest absolute Gasteiger partial charge is 0.467 e. The number of nitrogens with one attached hydrogen (secondary N) is 1. The van der Waals surface area contributed by atoms with E-state index < -0.39 is 0 Å². The Morgan fingerprint density at radius 2 is 2.32 bits per heavy atom. The highest BCUT2D eigenvalue weighted by Crippen LogP contribution is 2.35. The van der Waals surface area contributed by atoms with Gasteiger partial charge in [0.1, 0.15) is 5.76 Å². The molecule has 4 heterocycles. The molecule has 5 nitrogen and oxygen atoms in total. The third-order valence-corrected chi connectivity index (χ3v) is 6.37. The zero-order valence-electron chi connectivity index (χ0n) is 14.4. The molecular formula is C19H24N2O3S. The lowest BCUT2D eigenvalue weighted by atomic mass is 9.82. The average molecular weight is 360 g/mol. The lowest BCUT2D eigenvalue weighted by Gasteiger charge is -2.39. The van der Waals surface area contributed by atoms with Crippen LogP contribution < -0.4 is 5.32 Å². The van der Waals surface area contributed by atoms with Crippen LogP contribution in [0.5, 0.6) is 0 Å². The molecule has 3 atom stereocenters. The molecule has 0 bridgehead atoms. The van der Waals surface area contributed by atoms with Crippen LogP contribution in [0, 0.1) is 18.8 Å². The summed E-state index contributed by atoms with van der Waals surface area (Å²) in [6.07, 6.45) is 2.79. The molecule has 2 aromatic heterocycles. The van der Waals surface area contributed by atoms with Crippen molar-refractivity contribution in [3.8, 4) is 0 Å². The van der Waals surface area contributed by atoms with Crippen molar-refractivity contribution in [2.24, 2.45) is 11.8 Å². The molecule has 2 saturated heterocycles. The quantitative estimate of drug-likeness (QED) is 0.891. The second-order valence-electron chi connectivity index (χ2n) is 6.99. The summed E-state index contributed by atoms with van der Waals surface area (Å²) in [6, 6.07) is 5.88. The molecule has 6 heteroatoms. The minimum atomic E-state index is -0.0171. The number of carbonyl (C=O) groups excluding carboxylic acids is 1. The molecule has 4 rings (SSSR count). The van der Waals surface area contributed by atoms with Crippen molar-refractivity contribution in [3.63, 3.8) is 0 Å². The number of likely N-dealkylation sites (tertiary alicyclic amines) is 1. The van der Waals surface area contributed by atoms with E-state index in [9.17, 15) is 4.79 Å². The van der Waals surface area contributed by atoms with E-state index in [1.807, 2.05) is 12.1 Å². The number of nitrogens with zero attached hydrogens (tertiary/aromatic N) is 1. The number of rotatable bonds is 5. The molecule has 0 aromatic carbocycles. The van der Waals surface area contributed by atoms with Crippen LogP contribution in [-0.4, -0.2) is 36.6 Å². The molecule has 1 N–H and O–H groups in total. The van der Waals surface area contributed by atoms with Crippen LogP contribution in [-0.2, 0) is 22.6 Å². The summed E-state index contributed by atoms with van der Waals surface area (Å²) in [5.41, 5.74) is 1.33. The first-order valence-electron chi connectivity index (χ1n) is 8.87. The number of thiophene rings is 1. The maximum absolute atomic E-state index is 12.8. The molecule has 1 amide bonds. The van der Waals surface area contributed by atoms with E-state index in [0.29, 0.717) is 12.5 Å². The minimum Gasteiger partial charge on any atom is -0.467 e. The second kappa shape index (κ2) is 7.32. The molecule has 0 radical (unpaired) electrons. The third kappa shape index (κ3) is 3.66. The van der Waals surface area contributed by atoms with Gasteiger partial charge in [-0.3, -0.25) is 9.69 Å². The molecule has 0 aliphatic carbocycles. The van der Waals surface area contributed by atoms with Crippen molar-refractivity contribution in [2.75, 3.05) is 19.7 Å². The van der Waals surface area contributed by atoms with Gasteiger partial charge in [0.25, 0.3) is 0 Å². The number of amides is 1. The van der Waals surface area contributed by atoms with Gasteiger partial charge in [-0.15, -0.1) is 11.3 Å². The van der Waals surface area contributed by atoms with Crippen LogP contribution in [0.4, 0.5) is 0 Å². The molecule has 2 fully saturated rings. The number of aryl methyl sites for hydroxylation is 1. The Hall–Kier alpha value is -1.63. The van der Waals surface area contributed by atoms with Crippen LogP contribution in [0.3, 0.4) is 0 Å². The van der Waals surface area contributed by atoms with Gasteiger partial charge in [-0.05, 0) is 42.5 Å². The number of hydrogen-bond donors (Lipinski definition) is 1. The van der Waals surface area contributed by atoms with E-state index in [1.54, 1.807) is 17.6 Å². The fourth-order valence-corrected chi connectivity index (χ4v) is 4.90. The molecule has 25 heavy (non-hydrogen) atoms. The van der Waals surface area contributed by atoms with Gasteiger partial charge in [-0.1, -0.05) is 0 Å². The highest BCUT2D eigenvalue weighted by Gasteiger charge is 2.43. The van der Waals surface area contributed by atoms with E-state index >= 15 is 0 Å². The Morgan fingerprint density at radius 3 is 3.08 bits per heavy atom. The minimum absolute atomic E-state index is 0.0171. The summed E-state index contributed by atoms with van der Waals surface area (Å²) >= 11 is 1.79. The SMILES string of the molecule is Cc1ccsc1CN1C[C@H]2OCC[C@H]2[C@H](C(=O)NCc2ccco2)C1. The number of fused-ring (bicyclic) bond motifs is 1. The summed E-state index contributed by atoms with van der Waals surface area (Å²) in [5.74, 6) is 1.22.